The molecule has 1 heterocycles. The number of benzene rings is 1. The van der Waals surface area contributed by atoms with Crippen molar-refractivity contribution in [1.82, 2.24) is 4.90 Å². The Morgan fingerprint density at radius 3 is 2.48 bits per heavy atom. The summed E-state index contributed by atoms with van der Waals surface area (Å²) < 4.78 is 11.0. The maximum absolute atomic E-state index is 11.3. The Labute approximate surface area is 160 Å². The summed E-state index contributed by atoms with van der Waals surface area (Å²) in [7, 11) is 2.16. The lowest BCUT2D eigenvalue weighted by Crippen LogP contribution is -2.50. The lowest BCUT2D eigenvalue weighted by Gasteiger charge is -2.57. The Balaban J connectivity index is 1.36. The van der Waals surface area contributed by atoms with E-state index in [2.05, 4.69) is 11.9 Å². The zero-order valence-electron chi connectivity index (χ0n) is 16.0. The summed E-state index contributed by atoms with van der Waals surface area (Å²) in [4.78, 5) is 13.4. The number of ether oxygens (including phenoxy) is 2. The molecule has 6 heteroatoms. The second kappa shape index (κ2) is 6.45. The van der Waals surface area contributed by atoms with E-state index in [0.717, 1.165) is 41.2 Å². The van der Waals surface area contributed by atoms with Gasteiger partial charge < -0.3 is 14.4 Å². The summed E-state index contributed by atoms with van der Waals surface area (Å²) in [6.45, 7) is 2.37. The van der Waals surface area contributed by atoms with E-state index >= 15 is 0 Å². The maximum atomic E-state index is 11.3. The zero-order chi connectivity index (χ0) is 18.6. The smallest absolute Gasteiger partial charge is 0.270 e. The molecule has 6 nitrogen and oxygen atoms in total. The van der Waals surface area contributed by atoms with Gasteiger partial charge in [0.1, 0.15) is 5.75 Å². The number of rotatable bonds is 5. The van der Waals surface area contributed by atoms with Gasteiger partial charge in [-0.2, -0.15) is 0 Å². The summed E-state index contributed by atoms with van der Waals surface area (Å²) in [6, 6.07) is 3.26. The van der Waals surface area contributed by atoms with Crippen molar-refractivity contribution in [1.29, 1.82) is 0 Å². The first-order valence-corrected chi connectivity index (χ1v) is 10.2. The van der Waals surface area contributed by atoms with Gasteiger partial charge >= 0.3 is 0 Å². The zero-order valence-corrected chi connectivity index (χ0v) is 16.0. The fraction of sp³-hybridized carbons (Fsp3) is 0.714. The Kier molecular flexibility index (Phi) is 4.17. The standard InChI is InChI=1S/C21H28N2O4/c1-22(12-21-7-14-2-15(8-21)4-16(3-14)9-21)10-17-5-19(23(24)25)6-18-11-26-13-27-20(17)18/h5-6,14-16H,2-4,7-13H2,1H3. The highest BCUT2D eigenvalue weighted by atomic mass is 16.7. The SMILES string of the molecule is CN(Cc1cc([N+](=O)[O-])cc2c1OCOC2)CC12CC3CC(CC(C3)C1)C2. The molecule has 4 saturated carbocycles. The molecule has 4 aliphatic carbocycles. The van der Waals surface area contributed by atoms with Crippen molar-refractivity contribution < 1.29 is 14.4 Å². The van der Waals surface area contributed by atoms with Gasteiger partial charge in [-0.25, -0.2) is 0 Å². The minimum Gasteiger partial charge on any atom is -0.467 e. The highest BCUT2D eigenvalue weighted by Crippen LogP contribution is 2.60. The molecular formula is C21H28N2O4. The number of hydrogen-bond donors (Lipinski definition) is 0. The third kappa shape index (κ3) is 3.23. The van der Waals surface area contributed by atoms with Crippen molar-refractivity contribution in [2.45, 2.75) is 51.7 Å². The third-order valence-corrected chi connectivity index (χ3v) is 7.19. The molecule has 4 fully saturated rings. The highest BCUT2D eigenvalue weighted by Gasteiger charge is 2.51. The Hall–Kier alpha value is -1.66. The van der Waals surface area contributed by atoms with Crippen molar-refractivity contribution in [3.8, 4) is 5.75 Å². The van der Waals surface area contributed by atoms with Crippen molar-refractivity contribution >= 4 is 5.69 Å². The van der Waals surface area contributed by atoms with Crippen LogP contribution in [0.2, 0.25) is 0 Å². The lowest BCUT2D eigenvalue weighted by molar-refractivity contribution is -0.385. The van der Waals surface area contributed by atoms with Crippen molar-refractivity contribution in [3.05, 3.63) is 33.4 Å². The highest BCUT2D eigenvalue weighted by molar-refractivity contribution is 5.50. The first-order valence-electron chi connectivity index (χ1n) is 10.2. The lowest BCUT2D eigenvalue weighted by atomic mass is 9.49. The molecule has 0 spiro atoms. The molecule has 0 unspecified atom stereocenters. The van der Waals surface area contributed by atoms with Crippen LogP contribution in [0.25, 0.3) is 0 Å². The number of nitro benzene ring substituents is 1. The molecule has 146 valence electrons. The average molecular weight is 372 g/mol. The van der Waals surface area contributed by atoms with Gasteiger partial charge in [0.25, 0.3) is 5.69 Å². The van der Waals surface area contributed by atoms with E-state index in [1.807, 2.05) is 0 Å². The van der Waals surface area contributed by atoms with Crippen LogP contribution in [0.5, 0.6) is 5.75 Å². The van der Waals surface area contributed by atoms with Gasteiger partial charge in [-0.1, -0.05) is 0 Å². The van der Waals surface area contributed by atoms with E-state index in [4.69, 9.17) is 9.47 Å². The van der Waals surface area contributed by atoms with Crippen LogP contribution in [-0.2, 0) is 17.9 Å². The van der Waals surface area contributed by atoms with Gasteiger partial charge in [-0.05, 0) is 68.7 Å². The molecule has 0 N–H and O–H groups in total. The van der Waals surface area contributed by atoms with Crippen molar-refractivity contribution in [2.24, 2.45) is 23.2 Å². The molecular weight excluding hydrogens is 344 g/mol. The first kappa shape index (κ1) is 17.4. The van der Waals surface area contributed by atoms with Gasteiger partial charge in [-0.15, -0.1) is 0 Å². The Morgan fingerprint density at radius 1 is 1.19 bits per heavy atom. The van der Waals surface area contributed by atoms with Crippen LogP contribution >= 0.6 is 0 Å². The quantitative estimate of drug-likeness (QED) is 0.575. The number of fused-ring (bicyclic) bond motifs is 1. The third-order valence-electron chi connectivity index (χ3n) is 7.19. The first-order chi connectivity index (χ1) is 13.0. The summed E-state index contributed by atoms with van der Waals surface area (Å²) in [5, 5.41) is 11.3. The molecule has 4 bridgehead atoms. The van der Waals surface area contributed by atoms with Gasteiger partial charge in [0, 0.05) is 36.3 Å². The molecule has 1 aromatic rings. The molecule has 5 aliphatic rings. The van der Waals surface area contributed by atoms with E-state index in [-0.39, 0.29) is 17.4 Å². The average Bonchev–Trinajstić information content (AvgIpc) is 2.59. The topological polar surface area (TPSA) is 64.8 Å². The van der Waals surface area contributed by atoms with E-state index < -0.39 is 0 Å². The molecule has 0 saturated heterocycles. The minimum absolute atomic E-state index is 0.126. The molecule has 0 amide bonds. The van der Waals surface area contributed by atoms with E-state index in [1.165, 1.54) is 38.5 Å². The Bertz CT molecular complexity index is 728. The van der Waals surface area contributed by atoms with Gasteiger partial charge in [0.2, 0.25) is 0 Å². The summed E-state index contributed by atoms with van der Waals surface area (Å²) in [5.41, 5.74) is 2.29. The van der Waals surface area contributed by atoms with E-state index in [0.29, 0.717) is 18.6 Å². The van der Waals surface area contributed by atoms with Gasteiger partial charge in [0.15, 0.2) is 6.79 Å². The van der Waals surface area contributed by atoms with Gasteiger partial charge in [0.05, 0.1) is 11.5 Å². The van der Waals surface area contributed by atoms with Crippen LogP contribution in [0.4, 0.5) is 5.69 Å². The Morgan fingerprint density at radius 2 is 1.85 bits per heavy atom. The van der Waals surface area contributed by atoms with Crippen LogP contribution < -0.4 is 4.74 Å². The minimum atomic E-state index is -0.322. The maximum Gasteiger partial charge on any atom is 0.270 e. The number of nitro groups is 1. The summed E-state index contributed by atoms with van der Waals surface area (Å²) in [5.74, 6) is 3.60. The van der Waals surface area contributed by atoms with Crippen LogP contribution in [-0.4, -0.2) is 30.2 Å². The molecule has 0 radical (unpaired) electrons. The normalized spacial score (nSPS) is 33.8. The fourth-order valence-corrected chi connectivity index (χ4v) is 6.91. The van der Waals surface area contributed by atoms with Crippen LogP contribution in [0.3, 0.4) is 0 Å². The second-order valence-corrected chi connectivity index (χ2v) is 9.55. The molecule has 1 aliphatic heterocycles. The number of nitrogens with zero attached hydrogens (tertiary/aromatic N) is 2. The predicted molar refractivity (Wildman–Crippen MR) is 100 cm³/mol. The molecule has 0 atom stereocenters. The van der Waals surface area contributed by atoms with Crippen LogP contribution in [0, 0.1) is 33.3 Å². The second-order valence-electron chi connectivity index (χ2n) is 9.55. The van der Waals surface area contributed by atoms with Crippen LogP contribution in [0.15, 0.2) is 12.1 Å². The monoisotopic (exact) mass is 372 g/mol. The molecule has 6 rings (SSSR count). The number of hydrogen-bond acceptors (Lipinski definition) is 5. The van der Waals surface area contributed by atoms with Gasteiger partial charge in [-0.3, -0.25) is 10.1 Å². The molecule has 0 aromatic heterocycles. The van der Waals surface area contributed by atoms with Crippen LogP contribution in [0.1, 0.15) is 49.7 Å². The van der Waals surface area contributed by atoms with Crippen molar-refractivity contribution in [3.63, 3.8) is 0 Å². The summed E-state index contributed by atoms with van der Waals surface area (Å²) in [6.07, 6.45) is 8.49. The fourth-order valence-electron chi connectivity index (χ4n) is 6.91. The van der Waals surface area contributed by atoms with E-state index in [9.17, 15) is 10.1 Å². The van der Waals surface area contributed by atoms with Crippen molar-refractivity contribution in [2.75, 3.05) is 20.4 Å². The largest absolute Gasteiger partial charge is 0.467 e. The van der Waals surface area contributed by atoms with E-state index in [1.54, 1.807) is 12.1 Å². The predicted octanol–water partition coefficient (Wildman–Crippen LogP) is 4.11. The number of non-ortho nitro benzene ring substituents is 1. The molecule has 1 aromatic carbocycles. The molecule has 27 heavy (non-hydrogen) atoms. The summed E-state index contributed by atoms with van der Waals surface area (Å²) >= 11 is 0.